The lowest BCUT2D eigenvalue weighted by Crippen LogP contribution is -1.99. The van der Waals surface area contributed by atoms with Gasteiger partial charge >= 0.3 is 0 Å². The van der Waals surface area contributed by atoms with Gasteiger partial charge in [0.1, 0.15) is 0 Å². The molecule has 2 rings (SSSR count). The Hall–Kier alpha value is -1.48. The molecule has 0 spiro atoms. The molecule has 0 radical (unpaired) electrons. The highest BCUT2D eigenvalue weighted by Crippen LogP contribution is 2.16. The molecule has 0 aliphatic heterocycles. The first-order valence-electron chi connectivity index (χ1n) is 4.68. The van der Waals surface area contributed by atoms with Crippen LogP contribution >= 0.6 is 11.3 Å². The summed E-state index contributed by atoms with van der Waals surface area (Å²) in [5, 5.41) is 0. The quantitative estimate of drug-likeness (QED) is 0.724. The molecule has 1 heterocycles. The van der Waals surface area contributed by atoms with Crippen molar-refractivity contribution < 1.29 is 4.79 Å². The Labute approximate surface area is 92.6 Å². The number of rotatable bonds is 2. The van der Waals surface area contributed by atoms with Crippen LogP contribution in [0.3, 0.4) is 0 Å². The molecule has 0 aliphatic carbocycles. The maximum absolute atomic E-state index is 12.0. The fourth-order valence-electron chi connectivity index (χ4n) is 1.58. The molecule has 1 aromatic carbocycles. The number of benzene rings is 1. The number of hydrogen-bond donors (Lipinski definition) is 0. The molecule has 0 bridgehead atoms. The molecule has 0 atom stereocenters. The summed E-state index contributed by atoms with van der Waals surface area (Å²) >= 11 is 1.38. The van der Waals surface area contributed by atoms with E-state index in [1.54, 1.807) is 11.7 Å². The Balaban J connectivity index is 2.42. The molecule has 0 N–H and O–H groups in total. The minimum Gasteiger partial charge on any atom is -0.288 e. The Morgan fingerprint density at radius 1 is 1.20 bits per heavy atom. The highest BCUT2D eigenvalue weighted by Gasteiger charge is 2.10. The predicted octanol–water partition coefficient (Wildman–Crippen LogP) is 2.99. The summed E-state index contributed by atoms with van der Waals surface area (Å²) in [5.41, 5.74) is 4.65. The second-order valence-electron chi connectivity index (χ2n) is 3.57. The summed E-state index contributed by atoms with van der Waals surface area (Å²) in [5.74, 6) is 0.0595. The Kier molecular flexibility index (Phi) is 2.64. The SMILES string of the molecule is Cc1cc(C)cc(C(=O)c2cncs2)c1. The molecule has 2 aromatic rings. The molecule has 2 nitrogen and oxygen atoms in total. The van der Waals surface area contributed by atoms with Crippen molar-refractivity contribution in [2.45, 2.75) is 13.8 Å². The van der Waals surface area contributed by atoms with E-state index in [-0.39, 0.29) is 5.78 Å². The van der Waals surface area contributed by atoms with Gasteiger partial charge in [-0.2, -0.15) is 0 Å². The molecule has 0 amide bonds. The van der Waals surface area contributed by atoms with Crippen molar-refractivity contribution in [2.24, 2.45) is 0 Å². The lowest BCUT2D eigenvalue weighted by Gasteiger charge is -2.01. The summed E-state index contributed by atoms with van der Waals surface area (Å²) in [4.78, 5) is 16.6. The molecule has 76 valence electrons. The van der Waals surface area contributed by atoms with E-state index in [2.05, 4.69) is 11.1 Å². The molecule has 1 aromatic heterocycles. The largest absolute Gasteiger partial charge is 0.288 e. The highest BCUT2D eigenvalue weighted by molar-refractivity contribution is 7.11. The smallest absolute Gasteiger partial charge is 0.204 e. The van der Waals surface area contributed by atoms with Gasteiger partial charge in [0, 0.05) is 11.8 Å². The van der Waals surface area contributed by atoms with Crippen LogP contribution in [0.1, 0.15) is 26.4 Å². The van der Waals surface area contributed by atoms with Gasteiger partial charge < -0.3 is 0 Å². The van der Waals surface area contributed by atoms with Crippen molar-refractivity contribution in [1.82, 2.24) is 4.98 Å². The number of aryl methyl sites for hydroxylation is 2. The van der Waals surface area contributed by atoms with Gasteiger partial charge in [-0.15, -0.1) is 11.3 Å². The van der Waals surface area contributed by atoms with E-state index in [1.165, 1.54) is 11.3 Å². The van der Waals surface area contributed by atoms with Crippen molar-refractivity contribution in [3.05, 3.63) is 51.5 Å². The Bertz CT molecular complexity index is 468. The van der Waals surface area contributed by atoms with Gasteiger partial charge in [-0.1, -0.05) is 17.2 Å². The van der Waals surface area contributed by atoms with Crippen LogP contribution in [0.4, 0.5) is 0 Å². The number of nitrogens with zero attached hydrogens (tertiary/aromatic N) is 1. The van der Waals surface area contributed by atoms with Gasteiger partial charge in [0.25, 0.3) is 0 Å². The number of carbonyl (C=O) groups excluding carboxylic acids is 1. The molecular formula is C12H11NOS. The van der Waals surface area contributed by atoms with E-state index >= 15 is 0 Å². The highest BCUT2D eigenvalue weighted by atomic mass is 32.1. The number of ketones is 1. The number of aromatic nitrogens is 1. The molecule has 0 saturated heterocycles. The summed E-state index contributed by atoms with van der Waals surface area (Å²) in [6, 6.07) is 5.88. The van der Waals surface area contributed by atoms with Crippen molar-refractivity contribution in [3.63, 3.8) is 0 Å². The number of carbonyl (C=O) groups is 1. The van der Waals surface area contributed by atoms with Gasteiger partial charge in [-0.25, -0.2) is 0 Å². The molecule has 3 heteroatoms. The minimum absolute atomic E-state index is 0.0595. The first-order valence-corrected chi connectivity index (χ1v) is 5.56. The third-order valence-corrected chi connectivity index (χ3v) is 2.91. The standard InChI is InChI=1S/C12H11NOS/c1-8-3-9(2)5-10(4-8)12(14)11-6-13-7-15-11/h3-7H,1-2H3. The average molecular weight is 217 g/mol. The lowest BCUT2D eigenvalue weighted by molar-refractivity contribution is 0.104. The lowest BCUT2D eigenvalue weighted by atomic mass is 10.0. The molecule has 0 fully saturated rings. The van der Waals surface area contributed by atoms with Crippen molar-refractivity contribution in [3.8, 4) is 0 Å². The van der Waals surface area contributed by atoms with E-state index in [9.17, 15) is 4.79 Å². The first kappa shape index (κ1) is 10.1. The average Bonchev–Trinajstić information content (AvgIpc) is 2.67. The van der Waals surface area contributed by atoms with Crippen LogP contribution in [-0.4, -0.2) is 10.8 Å². The summed E-state index contributed by atoms with van der Waals surface area (Å²) < 4.78 is 0. The molecule has 0 saturated carbocycles. The maximum Gasteiger partial charge on any atom is 0.204 e. The zero-order valence-corrected chi connectivity index (χ0v) is 9.47. The summed E-state index contributed by atoms with van der Waals surface area (Å²) in [7, 11) is 0. The van der Waals surface area contributed by atoms with Crippen LogP contribution < -0.4 is 0 Å². The third-order valence-electron chi connectivity index (χ3n) is 2.14. The zero-order valence-electron chi connectivity index (χ0n) is 8.65. The number of thiazole rings is 1. The fraction of sp³-hybridized carbons (Fsp3) is 0.167. The van der Waals surface area contributed by atoms with Crippen LogP contribution in [0, 0.1) is 13.8 Å². The second-order valence-corrected chi connectivity index (χ2v) is 4.46. The summed E-state index contributed by atoms with van der Waals surface area (Å²) in [6.07, 6.45) is 1.62. The Morgan fingerprint density at radius 3 is 2.40 bits per heavy atom. The van der Waals surface area contributed by atoms with E-state index in [0.717, 1.165) is 16.7 Å². The van der Waals surface area contributed by atoms with Crippen LogP contribution in [0.2, 0.25) is 0 Å². The summed E-state index contributed by atoms with van der Waals surface area (Å²) in [6.45, 7) is 3.99. The van der Waals surface area contributed by atoms with Crippen LogP contribution in [-0.2, 0) is 0 Å². The van der Waals surface area contributed by atoms with E-state index in [0.29, 0.717) is 4.88 Å². The van der Waals surface area contributed by atoms with Gasteiger partial charge in [0.15, 0.2) is 0 Å². The van der Waals surface area contributed by atoms with E-state index < -0.39 is 0 Å². The minimum atomic E-state index is 0.0595. The second kappa shape index (κ2) is 3.95. The van der Waals surface area contributed by atoms with Crippen molar-refractivity contribution >= 4 is 17.1 Å². The monoisotopic (exact) mass is 217 g/mol. The first-order chi connectivity index (χ1) is 7.16. The molecule has 0 unspecified atom stereocenters. The van der Waals surface area contributed by atoms with Crippen LogP contribution in [0.15, 0.2) is 29.9 Å². The van der Waals surface area contributed by atoms with Crippen LogP contribution in [0.5, 0.6) is 0 Å². The third kappa shape index (κ3) is 2.13. The molecule has 0 aliphatic rings. The van der Waals surface area contributed by atoms with Crippen molar-refractivity contribution in [2.75, 3.05) is 0 Å². The van der Waals surface area contributed by atoms with E-state index in [4.69, 9.17) is 0 Å². The zero-order chi connectivity index (χ0) is 10.8. The molecular weight excluding hydrogens is 206 g/mol. The maximum atomic E-state index is 12.0. The predicted molar refractivity (Wildman–Crippen MR) is 61.5 cm³/mol. The Morgan fingerprint density at radius 2 is 1.87 bits per heavy atom. The normalized spacial score (nSPS) is 10.3. The number of hydrogen-bond acceptors (Lipinski definition) is 3. The van der Waals surface area contributed by atoms with E-state index in [1.807, 2.05) is 26.0 Å². The van der Waals surface area contributed by atoms with Crippen molar-refractivity contribution in [1.29, 1.82) is 0 Å². The van der Waals surface area contributed by atoms with Gasteiger partial charge in [-0.05, 0) is 26.0 Å². The van der Waals surface area contributed by atoms with Gasteiger partial charge in [0.05, 0.1) is 10.4 Å². The van der Waals surface area contributed by atoms with Crippen LogP contribution in [0.25, 0.3) is 0 Å². The van der Waals surface area contributed by atoms with Gasteiger partial charge in [0.2, 0.25) is 5.78 Å². The topological polar surface area (TPSA) is 30.0 Å². The molecule has 15 heavy (non-hydrogen) atoms. The fourth-order valence-corrected chi connectivity index (χ4v) is 2.16. The van der Waals surface area contributed by atoms with Gasteiger partial charge in [-0.3, -0.25) is 9.78 Å².